The fourth-order valence-electron chi connectivity index (χ4n) is 2.67. The molecular weight excluding hydrogens is 208 g/mol. The number of nitrogens with zero attached hydrogens (tertiary/aromatic N) is 1. The lowest BCUT2D eigenvalue weighted by molar-refractivity contribution is -0.161. The molecule has 3 aliphatic rings. The predicted molar refractivity (Wildman–Crippen MR) is 55.4 cm³/mol. The standard InChI is InChI=1S/C11H16N2O3/c14-9-4-3-8(12-9)10(15)13-5-11(16,6-13)7-1-2-7/h7-8,16H,1-6H2,(H,12,14)/t8-/m0/s1. The number of nitrogens with one attached hydrogen (secondary N) is 1. The maximum absolute atomic E-state index is 11.9. The van der Waals surface area contributed by atoms with E-state index in [1.54, 1.807) is 4.90 Å². The SMILES string of the molecule is O=C1CC[C@@H](C(=O)N2CC(O)(C3CC3)C2)N1. The average molecular weight is 224 g/mol. The summed E-state index contributed by atoms with van der Waals surface area (Å²) in [6, 6.07) is -0.351. The van der Waals surface area contributed by atoms with E-state index < -0.39 is 5.60 Å². The van der Waals surface area contributed by atoms with E-state index in [-0.39, 0.29) is 17.9 Å². The molecule has 1 atom stereocenters. The molecule has 2 amide bonds. The van der Waals surface area contributed by atoms with Gasteiger partial charge in [-0.25, -0.2) is 0 Å². The molecule has 2 aliphatic heterocycles. The van der Waals surface area contributed by atoms with Gasteiger partial charge < -0.3 is 15.3 Å². The van der Waals surface area contributed by atoms with E-state index >= 15 is 0 Å². The predicted octanol–water partition coefficient (Wildman–Crippen LogP) is -0.752. The Balaban J connectivity index is 1.56. The van der Waals surface area contributed by atoms with Gasteiger partial charge in [0.25, 0.3) is 0 Å². The zero-order chi connectivity index (χ0) is 11.3. The molecule has 0 bridgehead atoms. The van der Waals surface area contributed by atoms with Gasteiger partial charge in [0.1, 0.15) is 11.6 Å². The molecule has 88 valence electrons. The summed E-state index contributed by atoms with van der Waals surface area (Å²) in [6.07, 6.45) is 3.20. The van der Waals surface area contributed by atoms with Gasteiger partial charge in [-0.3, -0.25) is 9.59 Å². The number of carbonyl (C=O) groups excluding carboxylic acids is 2. The normalized spacial score (nSPS) is 32.2. The summed E-state index contributed by atoms with van der Waals surface area (Å²) in [7, 11) is 0. The van der Waals surface area contributed by atoms with Crippen LogP contribution >= 0.6 is 0 Å². The first-order chi connectivity index (χ1) is 7.58. The first-order valence-corrected chi connectivity index (χ1v) is 5.89. The van der Waals surface area contributed by atoms with Crippen LogP contribution in [-0.4, -0.2) is 46.6 Å². The summed E-state index contributed by atoms with van der Waals surface area (Å²) in [6.45, 7) is 0.895. The molecule has 0 radical (unpaired) electrons. The van der Waals surface area contributed by atoms with Crippen LogP contribution in [0.2, 0.25) is 0 Å². The van der Waals surface area contributed by atoms with Crippen LogP contribution in [-0.2, 0) is 9.59 Å². The highest BCUT2D eigenvalue weighted by Crippen LogP contribution is 2.44. The van der Waals surface area contributed by atoms with E-state index in [0.29, 0.717) is 31.8 Å². The molecule has 5 heteroatoms. The highest BCUT2D eigenvalue weighted by atomic mass is 16.3. The van der Waals surface area contributed by atoms with E-state index in [0.717, 1.165) is 12.8 Å². The van der Waals surface area contributed by atoms with Crippen LogP contribution < -0.4 is 5.32 Å². The first-order valence-electron chi connectivity index (χ1n) is 5.89. The van der Waals surface area contributed by atoms with Gasteiger partial charge in [-0.15, -0.1) is 0 Å². The second-order valence-electron chi connectivity index (χ2n) is 5.23. The van der Waals surface area contributed by atoms with E-state index in [9.17, 15) is 14.7 Å². The number of hydrogen-bond donors (Lipinski definition) is 2. The smallest absolute Gasteiger partial charge is 0.245 e. The lowest BCUT2D eigenvalue weighted by Gasteiger charge is -2.47. The summed E-state index contributed by atoms with van der Waals surface area (Å²) in [4.78, 5) is 24.6. The molecule has 1 aliphatic carbocycles. The minimum absolute atomic E-state index is 0.0313. The van der Waals surface area contributed by atoms with Crippen molar-refractivity contribution in [3.05, 3.63) is 0 Å². The van der Waals surface area contributed by atoms with Gasteiger partial charge in [0.05, 0.1) is 13.1 Å². The number of amides is 2. The molecule has 5 nitrogen and oxygen atoms in total. The summed E-state index contributed by atoms with van der Waals surface area (Å²) in [5, 5.41) is 12.7. The molecule has 0 spiro atoms. The van der Waals surface area contributed by atoms with Gasteiger partial charge >= 0.3 is 0 Å². The fraction of sp³-hybridized carbons (Fsp3) is 0.818. The Labute approximate surface area is 93.8 Å². The second-order valence-corrected chi connectivity index (χ2v) is 5.23. The van der Waals surface area contributed by atoms with Crippen molar-refractivity contribution < 1.29 is 14.7 Å². The van der Waals surface area contributed by atoms with Gasteiger partial charge in [-0.2, -0.15) is 0 Å². The van der Waals surface area contributed by atoms with Gasteiger partial charge in [0.2, 0.25) is 11.8 Å². The van der Waals surface area contributed by atoms with Crippen LogP contribution in [0, 0.1) is 5.92 Å². The quantitative estimate of drug-likeness (QED) is 0.648. The van der Waals surface area contributed by atoms with Crippen LogP contribution in [0.3, 0.4) is 0 Å². The number of aliphatic hydroxyl groups is 1. The monoisotopic (exact) mass is 224 g/mol. The van der Waals surface area contributed by atoms with Gasteiger partial charge in [-0.05, 0) is 25.2 Å². The van der Waals surface area contributed by atoms with Crippen molar-refractivity contribution in [2.75, 3.05) is 13.1 Å². The molecule has 2 heterocycles. The Kier molecular flexibility index (Phi) is 2.01. The largest absolute Gasteiger partial charge is 0.386 e. The Morgan fingerprint density at radius 1 is 1.38 bits per heavy atom. The van der Waals surface area contributed by atoms with Crippen molar-refractivity contribution in [2.45, 2.75) is 37.3 Å². The third kappa shape index (κ3) is 1.50. The van der Waals surface area contributed by atoms with E-state index in [1.807, 2.05) is 0 Å². The summed E-state index contributed by atoms with van der Waals surface area (Å²) >= 11 is 0. The Bertz CT molecular complexity index is 345. The Hall–Kier alpha value is -1.10. The Morgan fingerprint density at radius 2 is 2.06 bits per heavy atom. The number of rotatable bonds is 2. The third-order valence-electron chi connectivity index (χ3n) is 3.87. The molecule has 0 unspecified atom stereocenters. The second kappa shape index (κ2) is 3.20. The van der Waals surface area contributed by atoms with Crippen LogP contribution in [0.15, 0.2) is 0 Å². The number of β-amino-alcohol motifs (C(OH)–C–C–N with tert-alkyl or cyclic N) is 1. The summed E-state index contributed by atoms with van der Waals surface area (Å²) in [5.74, 6) is 0.322. The minimum atomic E-state index is -0.627. The molecule has 3 rings (SSSR count). The fourth-order valence-corrected chi connectivity index (χ4v) is 2.67. The van der Waals surface area contributed by atoms with Crippen LogP contribution in [0.25, 0.3) is 0 Å². The minimum Gasteiger partial charge on any atom is -0.386 e. The average Bonchev–Trinajstić information content (AvgIpc) is 2.96. The zero-order valence-electron chi connectivity index (χ0n) is 9.11. The molecule has 0 aromatic carbocycles. The lowest BCUT2D eigenvalue weighted by Crippen LogP contribution is -2.66. The van der Waals surface area contributed by atoms with E-state index in [1.165, 1.54) is 0 Å². The number of carbonyl (C=O) groups is 2. The summed E-state index contributed by atoms with van der Waals surface area (Å²) in [5.41, 5.74) is -0.627. The number of likely N-dealkylation sites (tertiary alicyclic amines) is 1. The zero-order valence-corrected chi connectivity index (χ0v) is 9.11. The Morgan fingerprint density at radius 3 is 2.56 bits per heavy atom. The lowest BCUT2D eigenvalue weighted by atomic mass is 9.88. The van der Waals surface area contributed by atoms with Crippen LogP contribution in [0.1, 0.15) is 25.7 Å². The van der Waals surface area contributed by atoms with Gasteiger partial charge in [0.15, 0.2) is 0 Å². The molecule has 1 saturated carbocycles. The highest BCUT2D eigenvalue weighted by Gasteiger charge is 2.54. The number of hydrogen-bond acceptors (Lipinski definition) is 3. The van der Waals surface area contributed by atoms with Crippen molar-refractivity contribution in [1.29, 1.82) is 0 Å². The molecule has 16 heavy (non-hydrogen) atoms. The topological polar surface area (TPSA) is 69.6 Å². The highest BCUT2D eigenvalue weighted by molar-refractivity contribution is 5.91. The van der Waals surface area contributed by atoms with Gasteiger partial charge in [-0.1, -0.05) is 0 Å². The maximum Gasteiger partial charge on any atom is 0.245 e. The van der Waals surface area contributed by atoms with Crippen LogP contribution in [0.5, 0.6) is 0 Å². The van der Waals surface area contributed by atoms with E-state index in [4.69, 9.17) is 0 Å². The van der Waals surface area contributed by atoms with E-state index in [2.05, 4.69) is 5.32 Å². The molecule has 2 N–H and O–H groups in total. The third-order valence-corrected chi connectivity index (χ3v) is 3.87. The first kappa shape index (κ1) is 10.1. The molecular formula is C11H16N2O3. The van der Waals surface area contributed by atoms with Crippen molar-refractivity contribution >= 4 is 11.8 Å². The van der Waals surface area contributed by atoms with Crippen molar-refractivity contribution in [3.63, 3.8) is 0 Å². The van der Waals surface area contributed by atoms with Crippen molar-refractivity contribution in [1.82, 2.24) is 10.2 Å². The van der Waals surface area contributed by atoms with Crippen molar-refractivity contribution in [2.24, 2.45) is 5.92 Å². The maximum atomic E-state index is 11.9. The molecule has 2 saturated heterocycles. The molecule has 3 fully saturated rings. The molecule has 0 aromatic rings. The summed E-state index contributed by atoms with van der Waals surface area (Å²) < 4.78 is 0. The van der Waals surface area contributed by atoms with Gasteiger partial charge in [0, 0.05) is 6.42 Å². The van der Waals surface area contributed by atoms with Crippen molar-refractivity contribution in [3.8, 4) is 0 Å². The molecule has 0 aromatic heterocycles. The van der Waals surface area contributed by atoms with Crippen LogP contribution in [0.4, 0.5) is 0 Å².